The van der Waals surface area contributed by atoms with E-state index in [4.69, 9.17) is 9.47 Å². The largest absolute Gasteiger partial charge is 0.487 e. The molecule has 1 aromatic carbocycles. The van der Waals surface area contributed by atoms with Crippen molar-refractivity contribution in [2.75, 3.05) is 0 Å². The van der Waals surface area contributed by atoms with Crippen molar-refractivity contribution in [1.82, 2.24) is 0 Å². The van der Waals surface area contributed by atoms with Crippen LogP contribution in [-0.2, 0) is 11.2 Å². The van der Waals surface area contributed by atoms with Crippen molar-refractivity contribution in [3.8, 4) is 11.5 Å². The summed E-state index contributed by atoms with van der Waals surface area (Å²) in [6.45, 7) is 27.6. The van der Waals surface area contributed by atoms with Crippen molar-refractivity contribution >= 4 is 6.47 Å². The van der Waals surface area contributed by atoms with E-state index in [2.05, 4.69) is 69.2 Å². The van der Waals surface area contributed by atoms with E-state index >= 15 is 0 Å². The van der Waals surface area contributed by atoms with Crippen molar-refractivity contribution in [2.24, 2.45) is 29.1 Å². The fourth-order valence-corrected chi connectivity index (χ4v) is 5.28. The Kier molecular flexibility index (Phi) is 15.2. The van der Waals surface area contributed by atoms with Gasteiger partial charge in [-0.05, 0) is 92.7 Å². The predicted octanol–water partition coefficient (Wildman–Crippen LogP) is 11.0. The van der Waals surface area contributed by atoms with E-state index in [9.17, 15) is 4.79 Å². The lowest BCUT2D eigenvalue weighted by molar-refractivity contribution is -0.120. The minimum absolute atomic E-state index is 0.0937. The van der Waals surface area contributed by atoms with Gasteiger partial charge in [0.2, 0.25) is 0 Å². The number of hydrogen-bond donors (Lipinski definition) is 0. The highest BCUT2D eigenvalue weighted by Crippen LogP contribution is 2.42. The van der Waals surface area contributed by atoms with Gasteiger partial charge in [-0.1, -0.05) is 107 Å². The number of fused-ring (bicyclic) bond motifs is 1. The third-order valence-corrected chi connectivity index (χ3v) is 9.23. The molecule has 0 fully saturated rings. The van der Waals surface area contributed by atoms with Crippen LogP contribution in [0.1, 0.15) is 150 Å². The molecule has 3 unspecified atom stereocenters. The molecule has 0 spiro atoms. The summed E-state index contributed by atoms with van der Waals surface area (Å²) in [6, 6.07) is 2.05. The van der Waals surface area contributed by atoms with Gasteiger partial charge in [-0.2, -0.15) is 0 Å². The number of ether oxygens (including phenoxy) is 2. The summed E-state index contributed by atoms with van der Waals surface area (Å²) < 4.78 is 11.7. The van der Waals surface area contributed by atoms with Crippen LogP contribution in [-0.4, -0.2) is 12.1 Å². The minimum atomic E-state index is -0.0937. The van der Waals surface area contributed by atoms with Gasteiger partial charge in [0, 0.05) is 5.56 Å². The highest BCUT2D eigenvalue weighted by atomic mass is 16.5. The van der Waals surface area contributed by atoms with Crippen LogP contribution in [0.25, 0.3) is 0 Å². The predicted molar refractivity (Wildman–Crippen MR) is 169 cm³/mol. The van der Waals surface area contributed by atoms with Crippen molar-refractivity contribution in [3.63, 3.8) is 0 Å². The van der Waals surface area contributed by atoms with Crippen molar-refractivity contribution in [1.29, 1.82) is 0 Å². The molecule has 1 aliphatic heterocycles. The Hall–Kier alpha value is -1.51. The second-order valence-electron chi connectivity index (χ2n) is 14.8. The average Bonchev–Trinajstić information content (AvgIpc) is 2.81. The molecule has 0 saturated carbocycles. The maximum atomic E-state index is 10.8. The first kappa shape index (κ1) is 35.5. The number of carbonyl (C=O) groups is 1. The van der Waals surface area contributed by atoms with Gasteiger partial charge in [-0.15, -0.1) is 0 Å². The first-order valence-corrected chi connectivity index (χ1v) is 16.0. The topological polar surface area (TPSA) is 35.5 Å². The van der Waals surface area contributed by atoms with Crippen molar-refractivity contribution < 1.29 is 14.3 Å². The lowest BCUT2D eigenvalue weighted by Gasteiger charge is -2.37. The summed E-state index contributed by atoms with van der Waals surface area (Å²) in [6.07, 6.45) is 13.9. The van der Waals surface area contributed by atoms with Crippen LogP contribution in [0.2, 0.25) is 0 Å². The standard InChI is InChI=1S/C29H48O3.C7H16/c1-21(2)11-8-12-22(3)13-9-14-23(4)15-10-17-29(7)18-16-26-25(6)28(31-20-30)24(5)19-27(26)32-29;1-6(2)7(3,4)5/h19-23H,8-18H2,1-7H3;6H,1-5H3. The summed E-state index contributed by atoms with van der Waals surface area (Å²) in [5.41, 5.74) is 3.61. The molecule has 3 heteroatoms. The number of rotatable bonds is 14. The van der Waals surface area contributed by atoms with E-state index in [0.717, 1.165) is 59.8 Å². The number of carbonyl (C=O) groups excluding carboxylic acids is 1. The molecule has 0 saturated heterocycles. The second-order valence-corrected chi connectivity index (χ2v) is 14.8. The first-order valence-electron chi connectivity index (χ1n) is 16.0. The van der Waals surface area contributed by atoms with Crippen LogP contribution >= 0.6 is 0 Å². The number of benzene rings is 1. The third-order valence-electron chi connectivity index (χ3n) is 9.23. The monoisotopic (exact) mass is 544 g/mol. The zero-order valence-electron chi connectivity index (χ0n) is 28.0. The quantitative estimate of drug-likeness (QED) is 0.218. The first-order chi connectivity index (χ1) is 18.1. The molecule has 3 nitrogen and oxygen atoms in total. The van der Waals surface area contributed by atoms with Crippen LogP contribution in [0.3, 0.4) is 0 Å². The Balaban J connectivity index is 0.000000956. The SMILES string of the molecule is CC(C)C(C)(C)C.Cc1cc2c(c(C)c1OC=O)CCC(C)(CCCC(C)CCCC(C)CCCC(C)C)O2. The fraction of sp³-hybridized carbons (Fsp3) is 0.806. The van der Waals surface area contributed by atoms with E-state index in [0.29, 0.717) is 17.6 Å². The van der Waals surface area contributed by atoms with Crippen LogP contribution in [0.15, 0.2) is 6.07 Å². The van der Waals surface area contributed by atoms with Gasteiger partial charge < -0.3 is 9.47 Å². The Morgan fingerprint density at radius 3 is 1.92 bits per heavy atom. The molecular weight excluding hydrogens is 480 g/mol. The van der Waals surface area contributed by atoms with Gasteiger partial charge in [-0.25, -0.2) is 0 Å². The van der Waals surface area contributed by atoms with Crippen molar-refractivity contribution in [2.45, 2.75) is 159 Å². The maximum Gasteiger partial charge on any atom is 0.298 e. The Bertz CT molecular complexity index is 848. The molecule has 1 aromatic rings. The molecule has 2 rings (SSSR count). The molecule has 0 bridgehead atoms. The Labute approximate surface area is 243 Å². The van der Waals surface area contributed by atoms with Crippen LogP contribution in [0.4, 0.5) is 0 Å². The van der Waals surface area contributed by atoms with Gasteiger partial charge in [0.15, 0.2) is 0 Å². The lowest BCUT2D eigenvalue weighted by atomic mass is 9.84. The molecule has 1 heterocycles. The van der Waals surface area contributed by atoms with Gasteiger partial charge in [0.1, 0.15) is 17.1 Å². The molecule has 0 radical (unpaired) electrons. The summed E-state index contributed by atoms with van der Waals surface area (Å²) in [7, 11) is 0. The normalized spacial score (nSPS) is 18.6. The van der Waals surface area contributed by atoms with Gasteiger partial charge in [-0.3, -0.25) is 4.79 Å². The molecule has 0 N–H and O–H groups in total. The average molecular weight is 545 g/mol. The third kappa shape index (κ3) is 13.1. The summed E-state index contributed by atoms with van der Waals surface area (Å²) in [4.78, 5) is 10.8. The van der Waals surface area contributed by atoms with E-state index in [1.54, 1.807) is 0 Å². The van der Waals surface area contributed by atoms with Crippen molar-refractivity contribution in [3.05, 3.63) is 22.8 Å². The second kappa shape index (κ2) is 16.7. The molecule has 226 valence electrons. The van der Waals surface area contributed by atoms with E-state index in [1.165, 1.54) is 56.9 Å². The van der Waals surface area contributed by atoms with Gasteiger partial charge in [0.25, 0.3) is 6.47 Å². The smallest absolute Gasteiger partial charge is 0.298 e. The lowest BCUT2D eigenvalue weighted by Crippen LogP contribution is -2.36. The molecular formula is C36H64O3. The Morgan fingerprint density at radius 2 is 1.44 bits per heavy atom. The molecule has 39 heavy (non-hydrogen) atoms. The summed E-state index contributed by atoms with van der Waals surface area (Å²) in [5.74, 6) is 4.98. The zero-order chi connectivity index (χ0) is 29.8. The molecule has 1 aliphatic rings. The maximum absolute atomic E-state index is 10.8. The molecule has 3 atom stereocenters. The summed E-state index contributed by atoms with van der Waals surface area (Å²) >= 11 is 0. The van der Waals surface area contributed by atoms with E-state index in [-0.39, 0.29) is 5.60 Å². The van der Waals surface area contributed by atoms with Crippen LogP contribution < -0.4 is 9.47 Å². The molecule has 0 amide bonds. The highest BCUT2D eigenvalue weighted by Gasteiger charge is 2.33. The zero-order valence-corrected chi connectivity index (χ0v) is 28.0. The van der Waals surface area contributed by atoms with Crippen LogP contribution in [0.5, 0.6) is 11.5 Å². The van der Waals surface area contributed by atoms with Crippen LogP contribution in [0, 0.1) is 42.9 Å². The molecule has 0 aliphatic carbocycles. The Morgan fingerprint density at radius 1 is 0.923 bits per heavy atom. The van der Waals surface area contributed by atoms with Gasteiger partial charge >= 0.3 is 0 Å². The molecule has 0 aromatic heterocycles. The number of aryl methyl sites for hydroxylation is 1. The number of hydrogen-bond acceptors (Lipinski definition) is 3. The highest BCUT2D eigenvalue weighted by molar-refractivity contribution is 5.58. The van der Waals surface area contributed by atoms with Gasteiger partial charge in [0.05, 0.1) is 0 Å². The minimum Gasteiger partial charge on any atom is -0.487 e. The van der Waals surface area contributed by atoms with E-state index in [1.807, 2.05) is 19.9 Å². The summed E-state index contributed by atoms with van der Waals surface area (Å²) in [5, 5.41) is 0. The van der Waals surface area contributed by atoms with E-state index < -0.39 is 0 Å². The fourth-order valence-electron chi connectivity index (χ4n) is 5.28.